The Bertz CT molecular complexity index is 619. The van der Waals surface area contributed by atoms with E-state index in [-0.39, 0.29) is 22.0 Å². The first kappa shape index (κ1) is 16.9. The highest BCUT2D eigenvalue weighted by atomic mass is 35.5. The smallest absolute Gasteiger partial charge is 0.242 e. The van der Waals surface area contributed by atoms with E-state index in [9.17, 15) is 13.5 Å². The van der Waals surface area contributed by atoms with Crippen LogP contribution < -0.4 is 4.72 Å². The van der Waals surface area contributed by atoms with Gasteiger partial charge in [-0.1, -0.05) is 31.5 Å². The Labute approximate surface area is 124 Å². The maximum absolute atomic E-state index is 12.2. The molecule has 0 amide bonds. The van der Waals surface area contributed by atoms with Gasteiger partial charge in [-0.25, -0.2) is 13.1 Å². The zero-order valence-corrected chi connectivity index (χ0v) is 12.9. The van der Waals surface area contributed by atoms with Crippen LogP contribution in [-0.2, 0) is 10.0 Å². The minimum atomic E-state index is -3.90. The molecule has 0 aliphatic heterocycles. The normalized spacial score (nSPS) is 12.2. The Kier molecular flexibility index (Phi) is 5.54. The SMILES string of the molecule is CCC(O)(CC)CNS(=O)(=O)c1cccc(Cl)c1C#N. The number of sulfonamides is 1. The number of hydrogen-bond donors (Lipinski definition) is 2. The molecule has 1 aromatic carbocycles. The highest BCUT2D eigenvalue weighted by Crippen LogP contribution is 2.23. The summed E-state index contributed by atoms with van der Waals surface area (Å²) >= 11 is 5.82. The first-order valence-electron chi connectivity index (χ1n) is 6.20. The van der Waals surface area contributed by atoms with Crippen molar-refractivity contribution in [2.45, 2.75) is 37.2 Å². The number of benzene rings is 1. The third kappa shape index (κ3) is 3.70. The molecule has 0 saturated carbocycles. The van der Waals surface area contributed by atoms with Gasteiger partial charge in [0.1, 0.15) is 11.0 Å². The molecule has 0 fully saturated rings. The minimum absolute atomic E-state index is 0.0802. The van der Waals surface area contributed by atoms with E-state index >= 15 is 0 Å². The van der Waals surface area contributed by atoms with E-state index in [0.717, 1.165) is 0 Å². The van der Waals surface area contributed by atoms with Crippen molar-refractivity contribution in [3.05, 3.63) is 28.8 Å². The van der Waals surface area contributed by atoms with Gasteiger partial charge in [0.05, 0.1) is 16.2 Å². The average Bonchev–Trinajstić information content (AvgIpc) is 2.44. The van der Waals surface area contributed by atoms with Gasteiger partial charge in [-0.2, -0.15) is 5.26 Å². The first-order chi connectivity index (χ1) is 9.29. The zero-order valence-electron chi connectivity index (χ0n) is 11.4. The molecule has 0 bridgehead atoms. The molecule has 0 aliphatic carbocycles. The molecule has 2 N–H and O–H groups in total. The highest BCUT2D eigenvalue weighted by molar-refractivity contribution is 7.89. The molecule has 0 spiro atoms. The van der Waals surface area contributed by atoms with Gasteiger partial charge in [0, 0.05) is 6.54 Å². The third-order valence-electron chi connectivity index (χ3n) is 3.28. The van der Waals surface area contributed by atoms with Crippen LogP contribution >= 0.6 is 11.6 Å². The van der Waals surface area contributed by atoms with Gasteiger partial charge in [0.2, 0.25) is 10.0 Å². The van der Waals surface area contributed by atoms with Gasteiger partial charge in [0.25, 0.3) is 0 Å². The summed E-state index contributed by atoms with van der Waals surface area (Å²) in [4.78, 5) is -0.179. The van der Waals surface area contributed by atoms with E-state index in [4.69, 9.17) is 16.9 Å². The van der Waals surface area contributed by atoms with Crippen LogP contribution in [0, 0.1) is 11.3 Å². The fourth-order valence-corrected chi connectivity index (χ4v) is 3.21. The van der Waals surface area contributed by atoms with Crippen LogP contribution in [0.5, 0.6) is 0 Å². The lowest BCUT2D eigenvalue weighted by Crippen LogP contribution is -2.42. The largest absolute Gasteiger partial charge is 0.389 e. The number of rotatable bonds is 6. The molecule has 0 heterocycles. The van der Waals surface area contributed by atoms with Crippen LogP contribution in [0.1, 0.15) is 32.3 Å². The molecule has 1 aromatic rings. The number of halogens is 1. The molecule has 0 aromatic heterocycles. The summed E-state index contributed by atoms with van der Waals surface area (Å²) in [6, 6.07) is 6.00. The average molecular weight is 317 g/mol. The van der Waals surface area contributed by atoms with Crippen LogP contribution in [0.4, 0.5) is 0 Å². The van der Waals surface area contributed by atoms with E-state index < -0.39 is 15.6 Å². The fourth-order valence-electron chi connectivity index (χ4n) is 1.64. The minimum Gasteiger partial charge on any atom is -0.389 e. The zero-order chi connectivity index (χ0) is 15.4. The van der Waals surface area contributed by atoms with Crippen molar-refractivity contribution in [1.29, 1.82) is 5.26 Å². The number of nitriles is 1. The van der Waals surface area contributed by atoms with E-state index in [2.05, 4.69) is 4.72 Å². The Morgan fingerprint density at radius 2 is 2.00 bits per heavy atom. The van der Waals surface area contributed by atoms with E-state index in [0.29, 0.717) is 12.8 Å². The Morgan fingerprint density at radius 3 is 2.50 bits per heavy atom. The number of nitrogens with zero attached hydrogens (tertiary/aromatic N) is 1. The second kappa shape index (κ2) is 6.55. The van der Waals surface area contributed by atoms with E-state index in [1.165, 1.54) is 18.2 Å². The van der Waals surface area contributed by atoms with Crippen LogP contribution in [0.25, 0.3) is 0 Å². The van der Waals surface area contributed by atoms with E-state index in [1.54, 1.807) is 19.9 Å². The molecule has 0 atom stereocenters. The fraction of sp³-hybridized carbons (Fsp3) is 0.462. The van der Waals surface area contributed by atoms with Gasteiger partial charge in [-0.15, -0.1) is 0 Å². The van der Waals surface area contributed by atoms with Crippen molar-refractivity contribution in [2.24, 2.45) is 0 Å². The lowest BCUT2D eigenvalue weighted by atomic mass is 9.98. The monoisotopic (exact) mass is 316 g/mol. The molecule has 0 saturated heterocycles. The predicted molar refractivity (Wildman–Crippen MR) is 76.9 cm³/mol. The molecular weight excluding hydrogens is 300 g/mol. The molecule has 20 heavy (non-hydrogen) atoms. The highest BCUT2D eigenvalue weighted by Gasteiger charge is 2.27. The number of hydrogen-bond acceptors (Lipinski definition) is 4. The summed E-state index contributed by atoms with van der Waals surface area (Å²) in [7, 11) is -3.90. The van der Waals surface area contributed by atoms with Crippen molar-refractivity contribution in [2.75, 3.05) is 6.54 Å². The van der Waals surface area contributed by atoms with Gasteiger partial charge in [0.15, 0.2) is 0 Å². The summed E-state index contributed by atoms with van der Waals surface area (Å²) < 4.78 is 26.8. The standard InChI is InChI=1S/C13H17ClN2O3S/c1-3-13(17,4-2)9-16-20(18,19)12-7-5-6-11(14)10(12)8-15/h5-7,16-17H,3-4,9H2,1-2H3. The molecule has 0 radical (unpaired) electrons. The van der Waals surface area contributed by atoms with Crippen molar-refractivity contribution in [1.82, 2.24) is 4.72 Å². The third-order valence-corrected chi connectivity index (χ3v) is 5.04. The summed E-state index contributed by atoms with van der Waals surface area (Å²) in [5, 5.41) is 19.2. The van der Waals surface area contributed by atoms with E-state index in [1.807, 2.05) is 0 Å². The quantitative estimate of drug-likeness (QED) is 0.840. The van der Waals surface area contributed by atoms with Crippen LogP contribution in [0.2, 0.25) is 5.02 Å². The lowest BCUT2D eigenvalue weighted by Gasteiger charge is -2.25. The molecule has 0 unspecified atom stereocenters. The second-order valence-corrected chi connectivity index (χ2v) is 6.62. The Morgan fingerprint density at radius 1 is 1.40 bits per heavy atom. The Balaban J connectivity index is 3.08. The number of nitrogens with one attached hydrogen (secondary N) is 1. The van der Waals surface area contributed by atoms with Crippen molar-refractivity contribution >= 4 is 21.6 Å². The molecule has 110 valence electrons. The van der Waals surface area contributed by atoms with Crippen LogP contribution in [0.3, 0.4) is 0 Å². The summed E-state index contributed by atoms with van der Waals surface area (Å²) in [6.07, 6.45) is 0.847. The van der Waals surface area contributed by atoms with Gasteiger partial charge >= 0.3 is 0 Å². The van der Waals surface area contributed by atoms with Gasteiger partial charge in [-0.05, 0) is 25.0 Å². The molecule has 5 nitrogen and oxygen atoms in total. The second-order valence-electron chi connectivity index (χ2n) is 4.48. The lowest BCUT2D eigenvalue weighted by molar-refractivity contribution is 0.0377. The van der Waals surface area contributed by atoms with Gasteiger partial charge in [-0.3, -0.25) is 0 Å². The van der Waals surface area contributed by atoms with Crippen molar-refractivity contribution < 1.29 is 13.5 Å². The maximum Gasteiger partial charge on any atom is 0.242 e. The molecule has 1 rings (SSSR count). The predicted octanol–water partition coefficient (Wildman–Crippen LogP) is 2.04. The maximum atomic E-state index is 12.2. The molecule has 7 heteroatoms. The van der Waals surface area contributed by atoms with Crippen molar-refractivity contribution in [3.63, 3.8) is 0 Å². The summed E-state index contributed by atoms with van der Waals surface area (Å²) in [5.74, 6) is 0. The van der Waals surface area contributed by atoms with Crippen LogP contribution in [-0.4, -0.2) is 25.7 Å². The summed E-state index contributed by atoms with van der Waals surface area (Å²) in [6.45, 7) is 3.44. The van der Waals surface area contributed by atoms with Gasteiger partial charge < -0.3 is 5.11 Å². The van der Waals surface area contributed by atoms with Crippen LogP contribution in [0.15, 0.2) is 23.1 Å². The number of aliphatic hydroxyl groups is 1. The van der Waals surface area contributed by atoms with Crippen molar-refractivity contribution in [3.8, 4) is 6.07 Å². The first-order valence-corrected chi connectivity index (χ1v) is 8.06. The Hall–Kier alpha value is -1.13. The molecule has 0 aliphatic rings. The molecular formula is C13H17ClN2O3S. The summed E-state index contributed by atoms with van der Waals surface area (Å²) in [5.41, 5.74) is -1.20. The topological polar surface area (TPSA) is 90.2 Å².